The summed E-state index contributed by atoms with van der Waals surface area (Å²) in [7, 11) is 0. The quantitative estimate of drug-likeness (QED) is 0.628. The molecule has 1 saturated heterocycles. The molecule has 1 aliphatic heterocycles. The van der Waals surface area contributed by atoms with Crippen molar-refractivity contribution in [3.05, 3.63) is 5.82 Å². The Labute approximate surface area is 96.8 Å². The smallest absolute Gasteiger partial charge is 0.308 e. The molecule has 1 fully saturated rings. The van der Waals surface area contributed by atoms with Crippen LogP contribution in [0.3, 0.4) is 0 Å². The van der Waals surface area contributed by atoms with Crippen molar-refractivity contribution >= 4 is 17.8 Å². The van der Waals surface area contributed by atoms with Gasteiger partial charge in [0.25, 0.3) is 5.91 Å². The summed E-state index contributed by atoms with van der Waals surface area (Å²) in [6.07, 6.45) is 0.450. The Balaban J connectivity index is 2.14. The van der Waals surface area contributed by atoms with Gasteiger partial charge in [0.2, 0.25) is 11.8 Å². The van der Waals surface area contributed by atoms with Gasteiger partial charge in [0, 0.05) is 12.6 Å². The molecule has 1 aromatic heterocycles. The van der Waals surface area contributed by atoms with Crippen LogP contribution in [0.5, 0.6) is 0 Å². The molecule has 8 nitrogen and oxygen atoms in total. The number of likely N-dealkylation sites (tertiary alicyclic amines) is 1. The predicted octanol–water partition coefficient (Wildman–Crippen LogP) is -0.678. The van der Waals surface area contributed by atoms with Crippen LogP contribution in [-0.4, -0.2) is 49.7 Å². The van der Waals surface area contributed by atoms with Crippen molar-refractivity contribution in [2.75, 3.05) is 12.3 Å². The van der Waals surface area contributed by atoms with Crippen LogP contribution in [0.25, 0.3) is 0 Å². The fourth-order valence-electron chi connectivity index (χ4n) is 2.06. The number of nitrogens with two attached hydrogens (primary N) is 1. The molecule has 17 heavy (non-hydrogen) atoms. The third-order valence-corrected chi connectivity index (χ3v) is 3.04. The number of rotatable bonds is 2. The monoisotopic (exact) mass is 239 g/mol. The van der Waals surface area contributed by atoms with Crippen LogP contribution in [-0.2, 0) is 4.79 Å². The minimum Gasteiger partial charge on any atom is -0.481 e. The van der Waals surface area contributed by atoms with E-state index in [1.165, 1.54) is 4.90 Å². The second-order valence-electron chi connectivity index (χ2n) is 4.01. The zero-order valence-corrected chi connectivity index (χ0v) is 9.25. The molecule has 8 heteroatoms. The van der Waals surface area contributed by atoms with E-state index < -0.39 is 11.9 Å². The first-order valence-electron chi connectivity index (χ1n) is 5.22. The summed E-state index contributed by atoms with van der Waals surface area (Å²) in [5.41, 5.74) is 5.31. The Morgan fingerprint density at radius 1 is 1.59 bits per heavy atom. The van der Waals surface area contributed by atoms with Crippen LogP contribution < -0.4 is 5.73 Å². The molecule has 1 aromatic rings. The number of carbonyl (C=O) groups is 2. The number of carboxylic acids is 1. The van der Waals surface area contributed by atoms with Crippen LogP contribution in [0.4, 0.5) is 5.95 Å². The van der Waals surface area contributed by atoms with E-state index >= 15 is 0 Å². The first-order chi connectivity index (χ1) is 8.00. The summed E-state index contributed by atoms with van der Waals surface area (Å²) in [5, 5.41) is 15.0. The number of nitrogens with zero attached hydrogens (tertiary/aromatic N) is 3. The van der Waals surface area contributed by atoms with Crippen LogP contribution in [0.1, 0.15) is 24.0 Å². The van der Waals surface area contributed by atoms with Crippen molar-refractivity contribution in [1.82, 2.24) is 20.1 Å². The summed E-state index contributed by atoms with van der Waals surface area (Å²) in [4.78, 5) is 28.1. The van der Waals surface area contributed by atoms with E-state index in [-0.39, 0.29) is 23.7 Å². The second-order valence-corrected chi connectivity index (χ2v) is 4.01. The lowest BCUT2D eigenvalue weighted by atomic mass is 10.0. The van der Waals surface area contributed by atoms with Crippen molar-refractivity contribution in [3.63, 3.8) is 0 Å². The Hall–Kier alpha value is -2.12. The predicted molar refractivity (Wildman–Crippen MR) is 57.0 cm³/mol. The molecule has 4 N–H and O–H groups in total. The zero-order valence-electron chi connectivity index (χ0n) is 9.25. The number of anilines is 1. The van der Waals surface area contributed by atoms with Crippen LogP contribution in [0.15, 0.2) is 0 Å². The van der Waals surface area contributed by atoms with Gasteiger partial charge in [-0.2, -0.15) is 4.98 Å². The van der Waals surface area contributed by atoms with Gasteiger partial charge in [0.1, 0.15) is 0 Å². The number of nitrogen functional groups attached to an aromatic ring is 1. The molecule has 0 radical (unpaired) electrons. The highest BCUT2D eigenvalue weighted by atomic mass is 16.4. The summed E-state index contributed by atoms with van der Waals surface area (Å²) in [6.45, 7) is 2.11. The number of amides is 1. The molecule has 0 saturated carbocycles. The minimum absolute atomic E-state index is 0.00464. The van der Waals surface area contributed by atoms with Gasteiger partial charge in [0.05, 0.1) is 5.92 Å². The van der Waals surface area contributed by atoms with Gasteiger partial charge >= 0.3 is 5.97 Å². The van der Waals surface area contributed by atoms with E-state index in [0.29, 0.717) is 13.0 Å². The minimum atomic E-state index is -0.884. The summed E-state index contributed by atoms with van der Waals surface area (Å²) < 4.78 is 0. The van der Waals surface area contributed by atoms with Gasteiger partial charge in [-0.05, 0) is 13.3 Å². The average Bonchev–Trinajstić information content (AvgIpc) is 2.83. The number of carbonyl (C=O) groups excluding carboxylic acids is 1. The van der Waals surface area contributed by atoms with Crippen LogP contribution >= 0.6 is 0 Å². The largest absolute Gasteiger partial charge is 0.481 e. The molecule has 2 rings (SSSR count). The van der Waals surface area contributed by atoms with E-state index in [4.69, 9.17) is 10.8 Å². The fraction of sp³-hybridized carbons (Fsp3) is 0.556. The molecule has 1 aliphatic rings. The van der Waals surface area contributed by atoms with E-state index in [1.807, 2.05) is 0 Å². The number of carboxylic acid groups (broad SMARTS) is 1. The van der Waals surface area contributed by atoms with Gasteiger partial charge in [-0.15, -0.1) is 5.10 Å². The summed E-state index contributed by atoms with van der Waals surface area (Å²) in [5.74, 6) is -1.75. The molecular weight excluding hydrogens is 226 g/mol. The van der Waals surface area contributed by atoms with Crippen molar-refractivity contribution in [3.8, 4) is 0 Å². The standard InChI is InChI=1S/C9H13N5O3/c1-4-5(8(16)17)2-3-14(4)7(15)6-11-9(10)13-12-6/h4-5H,2-3H2,1H3,(H,16,17)(H3,10,11,12,13). The van der Waals surface area contributed by atoms with E-state index in [0.717, 1.165) is 0 Å². The topological polar surface area (TPSA) is 125 Å². The maximum atomic E-state index is 12.0. The third-order valence-electron chi connectivity index (χ3n) is 3.04. The second kappa shape index (κ2) is 4.04. The molecule has 92 valence electrons. The Morgan fingerprint density at radius 3 is 2.76 bits per heavy atom. The summed E-state index contributed by atoms with van der Waals surface area (Å²) in [6, 6.07) is -0.355. The van der Waals surface area contributed by atoms with Gasteiger partial charge in [-0.1, -0.05) is 0 Å². The average molecular weight is 239 g/mol. The van der Waals surface area contributed by atoms with E-state index in [1.54, 1.807) is 6.92 Å². The zero-order chi connectivity index (χ0) is 12.6. The van der Waals surface area contributed by atoms with Gasteiger partial charge in [0.15, 0.2) is 0 Å². The number of aliphatic carboxylic acids is 1. The first kappa shape index (κ1) is 11.4. The third kappa shape index (κ3) is 1.93. The molecule has 0 bridgehead atoms. The lowest BCUT2D eigenvalue weighted by Crippen LogP contribution is -2.38. The first-order valence-corrected chi connectivity index (χ1v) is 5.22. The number of hydrogen-bond donors (Lipinski definition) is 3. The molecule has 0 aliphatic carbocycles. The number of H-pyrrole nitrogens is 1. The lowest BCUT2D eigenvalue weighted by molar-refractivity contribution is -0.142. The fourth-order valence-corrected chi connectivity index (χ4v) is 2.06. The number of aromatic nitrogens is 3. The van der Waals surface area contributed by atoms with Crippen molar-refractivity contribution in [1.29, 1.82) is 0 Å². The molecule has 0 spiro atoms. The number of nitrogens with one attached hydrogen (secondary N) is 1. The highest BCUT2D eigenvalue weighted by Gasteiger charge is 2.39. The molecule has 0 aromatic carbocycles. The Kier molecular flexibility index (Phi) is 2.70. The number of aromatic amines is 1. The molecule has 1 amide bonds. The van der Waals surface area contributed by atoms with Crippen LogP contribution in [0, 0.1) is 5.92 Å². The van der Waals surface area contributed by atoms with Crippen LogP contribution in [0.2, 0.25) is 0 Å². The highest BCUT2D eigenvalue weighted by Crippen LogP contribution is 2.25. The van der Waals surface area contributed by atoms with Crippen molar-refractivity contribution < 1.29 is 14.7 Å². The maximum Gasteiger partial charge on any atom is 0.308 e. The molecule has 2 heterocycles. The van der Waals surface area contributed by atoms with Gasteiger partial charge < -0.3 is 15.7 Å². The summed E-state index contributed by atoms with van der Waals surface area (Å²) >= 11 is 0. The van der Waals surface area contributed by atoms with Crippen molar-refractivity contribution in [2.24, 2.45) is 5.92 Å². The Bertz CT molecular complexity index is 457. The number of hydrogen-bond acceptors (Lipinski definition) is 5. The molecular formula is C9H13N5O3. The SMILES string of the molecule is CC1C(C(=O)O)CCN1C(=O)c1nc(N)n[nH]1. The Morgan fingerprint density at radius 2 is 2.29 bits per heavy atom. The van der Waals surface area contributed by atoms with E-state index in [2.05, 4.69) is 15.2 Å². The molecule has 2 atom stereocenters. The van der Waals surface area contributed by atoms with Gasteiger partial charge in [-0.25, -0.2) is 0 Å². The molecule has 2 unspecified atom stereocenters. The normalized spacial score (nSPS) is 23.9. The maximum absolute atomic E-state index is 12.0. The van der Waals surface area contributed by atoms with Gasteiger partial charge in [-0.3, -0.25) is 14.7 Å². The van der Waals surface area contributed by atoms with Crippen molar-refractivity contribution in [2.45, 2.75) is 19.4 Å². The van der Waals surface area contributed by atoms with E-state index in [9.17, 15) is 9.59 Å². The lowest BCUT2D eigenvalue weighted by Gasteiger charge is -2.21. The highest BCUT2D eigenvalue weighted by molar-refractivity contribution is 5.91.